The molecule has 1 fully saturated rings. The van der Waals surface area contributed by atoms with Gasteiger partial charge >= 0.3 is 0 Å². The maximum atomic E-state index is 12.7. The van der Waals surface area contributed by atoms with E-state index in [1.165, 1.54) is 24.9 Å². The number of rotatable bonds is 8. The number of benzene rings is 3. The third kappa shape index (κ3) is 5.66. The second-order valence-corrected chi connectivity index (χ2v) is 10.6. The SMILES string of the molecule is Cc1ccc(CNS(=O)(=O)c2ccc(-c3ccc(CCN4CCC[C@H]4C)cc3)cc2)cc1. The zero-order chi connectivity index (χ0) is 22.6. The first kappa shape index (κ1) is 22.7. The molecule has 0 aromatic heterocycles. The third-order valence-corrected chi connectivity index (χ3v) is 7.83. The van der Waals surface area contributed by atoms with Gasteiger partial charge in [-0.05, 0) is 74.0 Å². The molecule has 0 saturated carbocycles. The minimum Gasteiger partial charge on any atom is -0.300 e. The van der Waals surface area contributed by atoms with Crippen molar-refractivity contribution in [2.45, 2.75) is 50.6 Å². The van der Waals surface area contributed by atoms with E-state index in [0.717, 1.165) is 35.2 Å². The number of hydrogen-bond acceptors (Lipinski definition) is 3. The van der Waals surface area contributed by atoms with Crippen LogP contribution >= 0.6 is 0 Å². The molecule has 168 valence electrons. The van der Waals surface area contributed by atoms with Crippen LogP contribution in [0.15, 0.2) is 77.7 Å². The Morgan fingerprint density at radius 1 is 0.875 bits per heavy atom. The van der Waals surface area contributed by atoms with Crippen LogP contribution in [0.3, 0.4) is 0 Å². The van der Waals surface area contributed by atoms with Gasteiger partial charge in [0.15, 0.2) is 0 Å². The van der Waals surface area contributed by atoms with Gasteiger partial charge in [0.05, 0.1) is 4.90 Å². The van der Waals surface area contributed by atoms with Crippen LogP contribution in [0.2, 0.25) is 0 Å². The standard InChI is InChI=1S/C27H32N2O2S/c1-21-5-7-24(8-6-21)20-28-32(30,31)27-15-13-26(14-16-27)25-11-9-23(10-12-25)17-19-29-18-3-4-22(29)2/h5-16,22,28H,3-4,17-20H2,1-2H3/t22-/m1/s1. The molecule has 1 atom stereocenters. The van der Waals surface area contributed by atoms with Crippen molar-refractivity contribution in [3.05, 3.63) is 89.5 Å². The zero-order valence-electron chi connectivity index (χ0n) is 18.9. The lowest BCUT2D eigenvalue weighted by molar-refractivity contribution is 0.272. The van der Waals surface area contributed by atoms with Gasteiger partial charge in [0.25, 0.3) is 0 Å². The van der Waals surface area contributed by atoms with E-state index in [1.807, 2.05) is 43.3 Å². The van der Waals surface area contributed by atoms with Gasteiger partial charge in [0.2, 0.25) is 10.0 Å². The summed E-state index contributed by atoms with van der Waals surface area (Å²) < 4.78 is 28.0. The van der Waals surface area contributed by atoms with E-state index in [4.69, 9.17) is 0 Å². The summed E-state index contributed by atoms with van der Waals surface area (Å²) >= 11 is 0. The maximum absolute atomic E-state index is 12.7. The number of hydrogen-bond donors (Lipinski definition) is 1. The van der Waals surface area contributed by atoms with Crippen LogP contribution < -0.4 is 4.72 Å². The van der Waals surface area contributed by atoms with Gasteiger partial charge in [-0.3, -0.25) is 0 Å². The lowest BCUT2D eigenvalue weighted by Crippen LogP contribution is -2.28. The smallest absolute Gasteiger partial charge is 0.240 e. The van der Waals surface area contributed by atoms with Gasteiger partial charge in [-0.1, -0.05) is 66.2 Å². The number of likely N-dealkylation sites (tertiary alicyclic amines) is 1. The summed E-state index contributed by atoms with van der Waals surface area (Å²) in [5.74, 6) is 0. The average Bonchev–Trinajstić information content (AvgIpc) is 3.22. The molecule has 32 heavy (non-hydrogen) atoms. The molecule has 1 aliphatic rings. The molecule has 4 rings (SSSR count). The molecule has 0 spiro atoms. The molecule has 0 amide bonds. The third-order valence-electron chi connectivity index (χ3n) is 6.42. The Labute approximate surface area is 192 Å². The fraction of sp³-hybridized carbons (Fsp3) is 0.333. The highest BCUT2D eigenvalue weighted by molar-refractivity contribution is 7.89. The summed E-state index contributed by atoms with van der Waals surface area (Å²) in [6, 6.07) is 24.3. The molecule has 0 aliphatic carbocycles. The molecule has 3 aromatic rings. The molecule has 1 saturated heterocycles. The molecule has 1 N–H and O–H groups in total. The predicted octanol–water partition coefficient (Wildman–Crippen LogP) is 5.17. The highest BCUT2D eigenvalue weighted by Gasteiger charge is 2.19. The monoisotopic (exact) mass is 448 g/mol. The lowest BCUT2D eigenvalue weighted by Gasteiger charge is -2.20. The number of aryl methyl sites for hydroxylation is 1. The van der Waals surface area contributed by atoms with Crippen molar-refractivity contribution >= 4 is 10.0 Å². The van der Waals surface area contributed by atoms with Crippen LogP contribution in [0.1, 0.15) is 36.5 Å². The van der Waals surface area contributed by atoms with Gasteiger partial charge in [-0.15, -0.1) is 0 Å². The van der Waals surface area contributed by atoms with E-state index >= 15 is 0 Å². The van der Waals surface area contributed by atoms with Crippen molar-refractivity contribution < 1.29 is 8.42 Å². The van der Waals surface area contributed by atoms with Gasteiger partial charge in [0, 0.05) is 19.1 Å². The van der Waals surface area contributed by atoms with Gasteiger partial charge in [-0.2, -0.15) is 0 Å². The van der Waals surface area contributed by atoms with E-state index in [-0.39, 0.29) is 11.4 Å². The number of sulfonamides is 1. The maximum Gasteiger partial charge on any atom is 0.240 e. The molecule has 0 radical (unpaired) electrons. The molecular weight excluding hydrogens is 416 g/mol. The van der Waals surface area contributed by atoms with Crippen LogP contribution in [0, 0.1) is 6.92 Å². The summed E-state index contributed by atoms with van der Waals surface area (Å²) in [5, 5.41) is 0. The topological polar surface area (TPSA) is 49.4 Å². The Hall–Kier alpha value is -2.47. The highest BCUT2D eigenvalue weighted by atomic mass is 32.2. The first-order chi connectivity index (χ1) is 15.4. The Bertz CT molecular complexity index is 1120. The van der Waals surface area contributed by atoms with Crippen LogP contribution in [-0.4, -0.2) is 32.4 Å². The van der Waals surface area contributed by atoms with E-state index in [2.05, 4.69) is 40.8 Å². The first-order valence-electron chi connectivity index (χ1n) is 11.4. The van der Waals surface area contributed by atoms with Crippen molar-refractivity contribution in [1.82, 2.24) is 9.62 Å². The highest BCUT2D eigenvalue weighted by Crippen LogP contribution is 2.23. The quantitative estimate of drug-likeness (QED) is 0.517. The van der Waals surface area contributed by atoms with Gasteiger partial charge in [-0.25, -0.2) is 13.1 Å². The van der Waals surface area contributed by atoms with Crippen LogP contribution in [0.25, 0.3) is 11.1 Å². The molecule has 4 nitrogen and oxygen atoms in total. The second-order valence-electron chi connectivity index (χ2n) is 8.81. The van der Waals surface area contributed by atoms with Gasteiger partial charge in [0.1, 0.15) is 0 Å². The average molecular weight is 449 g/mol. The van der Waals surface area contributed by atoms with Crippen molar-refractivity contribution in [3.63, 3.8) is 0 Å². The molecule has 0 bridgehead atoms. The molecule has 0 unspecified atom stereocenters. The Balaban J connectivity index is 1.36. The van der Waals surface area contributed by atoms with Crippen molar-refractivity contribution in [3.8, 4) is 11.1 Å². The molecule has 3 aromatic carbocycles. The van der Waals surface area contributed by atoms with E-state index in [0.29, 0.717) is 6.04 Å². The van der Waals surface area contributed by atoms with E-state index < -0.39 is 10.0 Å². The zero-order valence-corrected chi connectivity index (χ0v) is 19.7. The fourth-order valence-corrected chi connectivity index (χ4v) is 5.27. The normalized spacial score (nSPS) is 17.0. The number of nitrogens with one attached hydrogen (secondary N) is 1. The molecule has 1 aliphatic heterocycles. The molecular formula is C27H32N2O2S. The summed E-state index contributed by atoms with van der Waals surface area (Å²) in [7, 11) is -3.55. The largest absolute Gasteiger partial charge is 0.300 e. The van der Waals surface area contributed by atoms with Crippen LogP contribution in [0.4, 0.5) is 0 Å². The minimum atomic E-state index is -3.55. The Kier molecular flexibility index (Phi) is 7.09. The lowest BCUT2D eigenvalue weighted by atomic mass is 10.0. The van der Waals surface area contributed by atoms with E-state index in [9.17, 15) is 8.42 Å². The van der Waals surface area contributed by atoms with Crippen molar-refractivity contribution in [1.29, 1.82) is 0 Å². The van der Waals surface area contributed by atoms with Crippen molar-refractivity contribution in [2.75, 3.05) is 13.1 Å². The first-order valence-corrected chi connectivity index (χ1v) is 12.9. The summed E-state index contributed by atoms with van der Waals surface area (Å²) in [6.07, 6.45) is 3.69. The molecule has 1 heterocycles. The second kappa shape index (κ2) is 9.99. The van der Waals surface area contributed by atoms with Crippen molar-refractivity contribution in [2.24, 2.45) is 0 Å². The number of nitrogens with zero attached hydrogens (tertiary/aromatic N) is 1. The predicted molar refractivity (Wildman–Crippen MR) is 131 cm³/mol. The minimum absolute atomic E-state index is 0.280. The molecule has 5 heteroatoms. The summed E-state index contributed by atoms with van der Waals surface area (Å²) in [5.41, 5.74) is 5.55. The van der Waals surface area contributed by atoms with Crippen LogP contribution in [0.5, 0.6) is 0 Å². The van der Waals surface area contributed by atoms with Gasteiger partial charge < -0.3 is 4.90 Å². The van der Waals surface area contributed by atoms with E-state index in [1.54, 1.807) is 12.1 Å². The summed E-state index contributed by atoms with van der Waals surface area (Å²) in [4.78, 5) is 2.85. The Morgan fingerprint density at radius 3 is 2.06 bits per heavy atom. The fourth-order valence-electron chi connectivity index (χ4n) is 4.26. The Morgan fingerprint density at radius 2 is 1.47 bits per heavy atom. The van der Waals surface area contributed by atoms with Crippen LogP contribution in [-0.2, 0) is 23.0 Å². The summed E-state index contributed by atoms with van der Waals surface area (Å²) in [6.45, 7) is 6.94.